The summed E-state index contributed by atoms with van der Waals surface area (Å²) in [5.74, 6) is 1.43. The zero-order valence-electron chi connectivity index (χ0n) is 5.88. The van der Waals surface area contributed by atoms with Crippen LogP contribution in [0, 0.1) is 0 Å². The molecule has 0 unspecified atom stereocenters. The minimum Gasteiger partial charge on any atom is -0.396 e. The maximum atomic E-state index is 10.2. The summed E-state index contributed by atoms with van der Waals surface area (Å²) in [6.45, 7) is 0.226. The van der Waals surface area contributed by atoms with E-state index >= 15 is 0 Å². The molecular formula is C6H13NO2S. The summed E-state index contributed by atoms with van der Waals surface area (Å²) in [6, 6.07) is 0. The molecule has 1 amide bonds. The van der Waals surface area contributed by atoms with Crippen molar-refractivity contribution in [1.82, 2.24) is 0 Å². The lowest BCUT2D eigenvalue weighted by atomic mass is 10.5. The molecule has 10 heavy (non-hydrogen) atoms. The zero-order valence-corrected chi connectivity index (χ0v) is 6.69. The molecule has 0 spiro atoms. The van der Waals surface area contributed by atoms with Crippen LogP contribution in [0.15, 0.2) is 0 Å². The molecule has 0 aliphatic heterocycles. The Kier molecular flexibility index (Phi) is 6.74. The second kappa shape index (κ2) is 6.89. The van der Waals surface area contributed by atoms with Crippen LogP contribution >= 0.6 is 11.8 Å². The smallest absolute Gasteiger partial charge is 0.218 e. The highest BCUT2D eigenvalue weighted by Crippen LogP contribution is 2.02. The lowest BCUT2D eigenvalue weighted by Crippen LogP contribution is -2.11. The maximum absolute atomic E-state index is 10.2. The van der Waals surface area contributed by atoms with Gasteiger partial charge in [-0.2, -0.15) is 11.8 Å². The Balaban J connectivity index is 2.84. The van der Waals surface area contributed by atoms with Crippen molar-refractivity contribution in [2.45, 2.75) is 12.8 Å². The van der Waals surface area contributed by atoms with Crippen molar-refractivity contribution in [3.8, 4) is 0 Å². The third-order valence-electron chi connectivity index (χ3n) is 0.940. The van der Waals surface area contributed by atoms with Crippen molar-refractivity contribution in [3.05, 3.63) is 0 Å². The Morgan fingerprint density at radius 3 is 2.70 bits per heavy atom. The molecule has 4 heteroatoms. The number of amides is 1. The number of hydrogen-bond acceptors (Lipinski definition) is 3. The molecular weight excluding hydrogens is 150 g/mol. The van der Waals surface area contributed by atoms with Gasteiger partial charge in [0.1, 0.15) is 0 Å². The highest BCUT2D eigenvalue weighted by molar-refractivity contribution is 7.99. The Labute approximate surface area is 65.0 Å². The molecule has 0 aromatic rings. The fraction of sp³-hybridized carbons (Fsp3) is 0.833. The van der Waals surface area contributed by atoms with Crippen LogP contribution in [0.2, 0.25) is 0 Å². The SMILES string of the molecule is NC(=O)CCSCCCO. The van der Waals surface area contributed by atoms with Gasteiger partial charge in [0.25, 0.3) is 0 Å². The number of nitrogens with two attached hydrogens (primary N) is 1. The van der Waals surface area contributed by atoms with Gasteiger partial charge in [-0.3, -0.25) is 4.79 Å². The standard InChI is InChI=1S/C6H13NO2S/c7-6(9)2-5-10-4-1-3-8/h8H,1-5H2,(H2,7,9). The molecule has 0 aromatic heterocycles. The lowest BCUT2D eigenvalue weighted by Gasteiger charge is -1.95. The van der Waals surface area contributed by atoms with Crippen molar-refractivity contribution in [1.29, 1.82) is 0 Å². The lowest BCUT2D eigenvalue weighted by molar-refractivity contribution is -0.117. The number of carbonyl (C=O) groups is 1. The molecule has 60 valence electrons. The quantitative estimate of drug-likeness (QED) is 0.541. The molecule has 0 aromatic carbocycles. The number of aliphatic hydroxyl groups excluding tert-OH is 1. The third kappa shape index (κ3) is 7.78. The van der Waals surface area contributed by atoms with E-state index in [9.17, 15) is 4.79 Å². The van der Waals surface area contributed by atoms with Gasteiger partial charge < -0.3 is 10.8 Å². The molecule has 0 aliphatic carbocycles. The van der Waals surface area contributed by atoms with Crippen molar-refractivity contribution in [3.63, 3.8) is 0 Å². The number of hydrogen-bond donors (Lipinski definition) is 2. The molecule has 0 heterocycles. The zero-order chi connectivity index (χ0) is 7.82. The topological polar surface area (TPSA) is 63.3 Å². The predicted octanol–water partition coefficient (Wildman–Crippen LogP) is -0.0226. The first-order valence-corrected chi connectivity index (χ1v) is 4.39. The molecule has 0 saturated heterocycles. The van der Waals surface area contributed by atoms with Crippen molar-refractivity contribution >= 4 is 17.7 Å². The van der Waals surface area contributed by atoms with Crippen LogP contribution in [-0.4, -0.2) is 29.1 Å². The van der Waals surface area contributed by atoms with E-state index < -0.39 is 0 Å². The highest BCUT2D eigenvalue weighted by Gasteiger charge is 1.93. The van der Waals surface area contributed by atoms with E-state index in [1.807, 2.05) is 0 Å². The summed E-state index contributed by atoms with van der Waals surface area (Å²) in [5.41, 5.74) is 4.91. The fourth-order valence-corrected chi connectivity index (χ4v) is 1.32. The van der Waals surface area contributed by atoms with Crippen LogP contribution in [-0.2, 0) is 4.79 Å². The summed E-state index contributed by atoms with van der Waals surface area (Å²) >= 11 is 1.65. The van der Waals surface area contributed by atoms with E-state index in [1.165, 1.54) is 0 Å². The second-order valence-electron chi connectivity index (χ2n) is 1.91. The van der Waals surface area contributed by atoms with E-state index in [1.54, 1.807) is 11.8 Å². The summed E-state index contributed by atoms with van der Waals surface area (Å²) in [6.07, 6.45) is 1.24. The van der Waals surface area contributed by atoms with Gasteiger partial charge in [-0.1, -0.05) is 0 Å². The Morgan fingerprint density at radius 1 is 1.50 bits per heavy atom. The Morgan fingerprint density at radius 2 is 2.20 bits per heavy atom. The first-order chi connectivity index (χ1) is 4.77. The highest BCUT2D eigenvalue weighted by atomic mass is 32.2. The normalized spacial score (nSPS) is 9.70. The first kappa shape index (κ1) is 9.78. The van der Waals surface area contributed by atoms with Crippen LogP contribution in [0.3, 0.4) is 0 Å². The van der Waals surface area contributed by atoms with Crippen molar-refractivity contribution < 1.29 is 9.90 Å². The van der Waals surface area contributed by atoms with Crippen LogP contribution in [0.1, 0.15) is 12.8 Å². The maximum Gasteiger partial charge on any atom is 0.218 e. The molecule has 3 N–H and O–H groups in total. The van der Waals surface area contributed by atoms with E-state index in [2.05, 4.69) is 0 Å². The molecule has 3 nitrogen and oxygen atoms in total. The van der Waals surface area contributed by atoms with Gasteiger partial charge in [0.2, 0.25) is 5.91 Å². The van der Waals surface area contributed by atoms with Crippen molar-refractivity contribution in [2.75, 3.05) is 18.1 Å². The molecule has 0 atom stereocenters. The molecule has 0 radical (unpaired) electrons. The Hall–Kier alpha value is -0.220. The van der Waals surface area contributed by atoms with Gasteiger partial charge >= 0.3 is 0 Å². The minimum atomic E-state index is -0.253. The van der Waals surface area contributed by atoms with Crippen LogP contribution in [0.25, 0.3) is 0 Å². The molecule has 0 fully saturated rings. The predicted molar refractivity (Wildman–Crippen MR) is 42.8 cm³/mol. The number of aliphatic hydroxyl groups is 1. The van der Waals surface area contributed by atoms with Crippen LogP contribution in [0.5, 0.6) is 0 Å². The first-order valence-electron chi connectivity index (χ1n) is 3.24. The number of carbonyl (C=O) groups excluding carboxylic acids is 1. The van der Waals surface area contributed by atoms with Crippen LogP contribution in [0.4, 0.5) is 0 Å². The van der Waals surface area contributed by atoms with E-state index in [-0.39, 0.29) is 12.5 Å². The molecule has 0 saturated carbocycles. The summed E-state index contributed by atoms with van der Waals surface area (Å²) in [4.78, 5) is 10.2. The number of thioether (sulfide) groups is 1. The van der Waals surface area contributed by atoms with Gasteiger partial charge in [0.05, 0.1) is 0 Å². The number of rotatable bonds is 6. The molecule has 0 rings (SSSR count). The van der Waals surface area contributed by atoms with Gasteiger partial charge in [-0.25, -0.2) is 0 Å². The van der Waals surface area contributed by atoms with E-state index in [0.717, 1.165) is 17.9 Å². The Bertz CT molecular complexity index is 97.7. The van der Waals surface area contributed by atoms with Crippen LogP contribution < -0.4 is 5.73 Å². The van der Waals surface area contributed by atoms with Gasteiger partial charge in [0.15, 0.2) is 0 Å². The van der Waals surface area contributed by atoms with E-state index in [0.29, 0.717) is 6.42 Å². The fourth-order valence-electron chi connectivity index (χ4n) is 0.441. The second-order valence-corrected chi connectivity index (χ2v) is 3.13. The summed E-state index contributed by atoms with van der Waals surface area (Å²) in [7, 11) is 0. The number of primary amides is 1. The van der Waals surface area contributed by atoms with Crippen molar-refractivity contribution in [2.24, 2.45) is 5.73 Å². The largest absolute Gasteiger partial charge is 0.396 e. The average molecular weight is 163 g/mol. The van der Waals surface area contributed by atoms with E-state index in [4.69, 9.17) is 10.8 Å². The van der Waals surface area contributed by atoms with Gasteiger partial charge in [-0.15, -0.1) is 0 Å². The third-order valence-corrected chi connectivity index (χ3v) is 2.01. The average Bonchev–Trinajstić information content (AvgIpc) is 1.87. The van der Waals surface area contributed by atoms with Gasteiger partial charge in [-0.05, 0) is 12.2 Å². The molecule has 0 bridgehead atoms. The van der Waals surface area contributed by atoms with Gasteiger partial charge in [0, 0.05) is 18.8 Å². The molecule has 0 aliphatic rings. The summed E-state index contributed by atoms with van der Waals surface area (Å²) < 4.78 is 0. The minimum absolute atomic E-state index is 0.226. The monoisotopic (exact) mass is 163 g/mol. The summed E-state index contributed by atoms with van der Waals surface area (Å²) in [5, 5.41) is 8.37.